The van der Waals surface area contributed by atoms with Gasteiger partial charge in [-0.3, -0.25) is 0 Å². The van der Waals surface area contributed by atoms with Crippen molar-refractivity contribution in [2.24, 2.45) is 0 Å². The smallest absolute Gasteiger partial charge is 0.416 e. The van der Waals surface area contributed by atoms with Crippen LogP contribution in [0.15, 0.2) is 42.5 Å². The number of phenolic OH excluding ortho intramolecular Hbond substituents is 2. The van der Waals surface area contributed by atoms with Crippen LogP contribution in [0.4, 0.5) is 18.9 Å². The SMILES string of the molecule is Oc1ccc(NCc2ccccc2C(F)(F)F)c(O)c1. The number of anilines is 1. The van der Waals surface area contributed by atoms with E-state index in [1.807, 2.05) is 0 Å². The minimum absolute atomic E-state index is 0.0764. The molecule has 0 amide bonds. The molecule has 0 bridgehead atoms. The lowest BCUT2D eigenvalue weighted by molar-refractivity contribution is -0.138. The first-order valence-electron chi connectivity index (χ1n) is 5.79. The number of phenols is 2. The van der Waals surface area contributed by atoms with Crippen LogP contribution < -0.4 is 5.32 Å². The standard InChI is InChI=1S/C14H12F3NO2/c15-14(16,17)11-4-2-1-3-9(11)8-18-12-6-5-10(19)7-13(12)20/h1-7,18-20H,8H2. The number of hydrogen-bond donors (Lipinski definition) is 3. The second kappa shape index (κ2) is 5.32. The summed E-state index contributed by atoms with van der Waals surface area (Å²) in [6, 6.07) is 9.05. The summed E-state index contributed by atoms with van der Waals surface area (Å²) in [6.07, 6.45) is -4.42. The van der Waals surface area contributed by atoms with Crippen molar-refractivity contribution in [1.29, 1.82) is 0 Å². The van der Waals surface area contributed by atoms with Gasteiger partial charge < -0.3 is 15.5 Å². The number of alkyl halides is 3. The average Bonchev–Trinajstić information content (AvgIpc) is 2.37. The minimum Gasteiger partial charge on any atom is -0.508 e. The summed E-state index contributed by atoms with van der Waals surface area (Å²) in [5, 5.41) is 21.4. The summed E-state index contributed by atoms with van der Waals surface area (Å²) >= 11 is 0. The molecule has 106 valence electrons. The average molecular weight is 283 g/mol. The molecule has 0 saturated carbocycles. The van der Waals surface area contributed by atoms with E-state index in [9.17, 15) is 18.3 Å². The molecule has 0 spiro atoms. The molecule has 0 aromatic heterocycles. The highest BCUT2D eigenvalue weighted by atomic mass is 19.4. The largest absolute Gasteiger partial charge is 0.508 e. The highest BCUT2D eigenvalue weighted by molar-refractivity contribution is 5.58. The van der Waals surface area contributed by atoms with Crippen LogP contribution in [0, 0.1) is 0 Å². The molecule has 0 saturated heterocycles. The Morgan fingerprint density at radius 3 is 2.35 bits per heavy atom. The number of hydrogen-bond acceptors (Lipinski definition) is 3. The molecular formula is C14H12F3NO2. The van der Waals surface area contributed by atoms with Crippen molar-refractivity contribution >= 4 is 5.69 Å². The van der Waals surface area contributed by atoms with Gasteiger partial charge in [0.05, 0.1) is 11.3 Å². The Labute approximate surface area is 113 Å². The minimum atomic E-state index is -4.42. The fourth-order valence-electron chi connectivity index (χ4n) is 1.81. The third-order valence-corrected chi connectivity index (χ3v) is 2.77. The van der Waals surface area contributed by atoms with E-state index in [-0.39, 0.29) is 29.3 Å². The van der Waals surface area contributed by atoms with Gasteiger partial charge in [0.25, 0.3) is 0 Å². The van der Waals surface area contributed by atoms with Crippen molar-refractivity contribution in [3.05, 3.63) is 53.6 Å². The zero-order chi connectivity index (χ0) is 14.8. The van der Waals surface area contributed by atoms with Gasteiger partial charge in [-0.2, -0.15) is 13.2 Å². The third-order valence-electron chi connectivity index (χ3n) is 2.77. The molecule has 0 radical (unpaired) electrons. The summed E-state index contributed by atoms with van der Waals surface area (Å²) in [7, 11) is 0. The lowest BCUT2D eigenvalue weighted by Gasteiger charge is -2.14. The highest BCUT2D eigenvalue weighted by Crippen LogP contribution is 2.33. The van der Waals surface area contributed by atoms with Crippen LogP contribution in [-0.2, 0) is 12.7 Å². The second-order valence-corrected chi connectivity index (χ2v) is 4.21. The first-order chi connectivity index (χ1) is 9.38. The summed E-state index contributed by atoms with van der Waals surface area (Å²) in [4.78, 5) is 0. The number of benzene rings is 2. The van der Waals surface area contributed by atoms with Gasteiger partial charge in [0, 0.05) is 12.6 Å². The predicted octanol–water partition coefficient (Wildman–Crippen LogP) is 3.73. The first kappa shape index (κ1) is 14.0. The van der Waals surface area contributed by atoms with Gasteiger partial charge in [-0.1, -0.05) is 18.2 Å². The molecule has 0 aliphatic carbocycles. The van der Waals surface area contributed by atoms with Crippen molar-refractivity contribution in [2.75, 3.05) is 5.32 Å². The van der Waals surface area contributed by atoms with E-state index in [0.29, 0.717) is 0 Å². The number of aromatic hydroxyl groups is 2. The zero-order valence-corrected chi connectivity index (χ0v) is 10.3. The van der Waals surface area contributed by atoms with Crippen LogP contribution in [0.3, 0.4) is 0 Å². The molecule has 0 aliphatic rings. The third kappa shape index (κ3) is 3.14. The second-order valence-electron chi connectivity index (χ2n) is 4.21. The lowest BCUT2D eigenvalue weighted by atomic mass is 10.1. The molecule has 3 N–H and O–H groups in total. The molecule has 0 heterocycles. The maximum Gasteiger partial charge on any atom is 0.416 e. The zero-order valence-electron chi connectivity index (χ0n) is 10.3. The van der Waals surface area contributed by atoms with Crippen LogP contribution in [0.1, 0.15) is 11.1 Å². The van der Waals surface area contributed by atoms with E-state index in [4.69, 9.17) is 5.11 Å². The van der Waals surface area contributed by atoms with Crippen LogP contribution in [0.5, 0.6) is 11.5 Å². The maximum absolute atomic E-state index is 12.8. The molecule has 0 unspecified atom stereocenters. The molecule has 2 aromatic carbocycles. The molecule has 2 aromatic rings. The fourth-order valence-corrected chi connectivity index (χ4v) is 1.81. The predicted molar refractivity (Wildman–Crippen MR) is 68.5 cm³/mol. The van der Waals surface area contributed by atoms with Gasteiger partial charge in [0.2, 0.25) is 0 Å². The fraction of sp³-hybridized carbons (Fsp3) is 0.143. The Hall–Kier alpha value is -2.37. The van der Waals surface area contributed by atoms with Gasteiger partial charge >= 0.3 is 6.18 Å². The highest BCUT2D eigenvalue weighted by Gasteiger charge is 2.32. The molecule has 0 fully saturated rings. The Kier molecular flexibility index (Phi) is 3.74. The number of nitrogens with one attached hydrogen (secondary N) is 1. The summed E-state index contributed by atoms with van der Waals surface area (Å²) in [5.74, 6) is -0.349. The van der Waals surface area contributed by atoms with Gasteiger partial charge in [-0.25, -0.2) is 0 Å². The van der Waals surface area contributed by atoms with Crippen LogP contribution in [-0.4, -0.2) is 10.2 Å². The number of rotatable bonds is 3. The molecule has 3 nitrogen and oxygen atoms in total. The van der Waals surface area contributed by atoms with Gasteiger partial charge in [0.1, 0.15) is 11.5 Å². The Morgan fingerprint density at radius 2 is 1.70 bits per heavy atom. The molecular weight excluding hydrogens is 271 g/mol. The quantitative estimate of drug-likeness (QED) is 0.594. The number of halogens is 3. The summed E-state index contributed by atoms with van der Waals surface area (Å²) in [6.45, 7) is -0.0893. The van der Waals surface area contributed by atoms with Crippen LogP contribution >= 0.6 is 0 Å². The van der Waals surface area contributed by atoms with Crippen LogP contribution in [0.2, 0.25) is 0 Å². The van der Waals surface area contributed by atoms with E-state index in [2.05, 4.69) is 5.32 Å². The van der Waals surface area contributed by atoms with Crippen molar-refractivity contribution in [3.63, 3.8) is 0 Å². The van der Waals surface area contributed by atoms with Gasteiger partial charge in [-0.15, -0.1) is 0 Å². The molecule has 0 aliphatic heterocycles. The van der Waals surface area contributed by atoms with Gasteiger partial charge in [0.15, 0.2) is 0 Å². The van der Waals surface area contributed by atoms with Crippen molar-refractivity contribution in [2.45, 2.75) is 12.7 Å². The molecule has 2 rings (SSSR count). The van der Waals surface area contributed by atoms with E-state index in [1.165, 1.54) is 30.3 Å². The Bertz CT molecular complexity index is 612. The Balaban J connectivity index is 2.19. The van der Waals surface area contributed by atoms with Crippen molar-refractivity contribution < 1.29 is 23.4 Å². The van der Waals surface area contributed by atoms with Crippen LogP contribution in [0.25, 0.3) is 0 Å². The monoisotopic (exact) mass is 283 g/mol. The topological polar surface area (TPSA) is 52.5 Å². The summed E-state index contributed by atoms with van der Waals surface area (Å²) < 4.78 is 38.4. The molecule has 6 heteroatoms. The molecule has 0 atom stereocenters. The maximum atomic E-state index is 12.8. The normalized spacial score (nSPS) is 11.3. The van der Waals surface area contributed by atoms with Crippen molar-refractivity contribution in [3.8, 4) is 11.5 Å². The Morgan fingerprint density at radius 1 is 1.00 bits per heavy atom. The van der Waals surface area contributed by atoms with Crippen molar-refractivity contribution in [1.82, 2.24) is 0 Å². The van der Waals surface area contributed by atoms with E-state index in [0.717, 1.165) is 12.1 Å². The molecule has 20 heavy (non-hydrogen) atoms. The summed E-state index contributed by atoms with van der Waals surface area (Å²) in [5.41, 5.74) is -0.391. The van der Waals surface area contributed by atoms with E-state index < -0.39 is 11.7 Å². The van der Waals surface area contributed by atoms with E-state index >= 15 is 0 Å². The van der Waals surface area contributed by atoms with E-state index in [1.54, 1.807) is 0 Å². The van der Waals surface area contributed by atoms with Gasteiger partial charge in [-0.05, 0) is 23.8 Å². The lowest BCUT2D eigenvalue weighted by Crippen LogP contribution is -2.11. The first-order valence-corrected chi connectivity index (χ1v) is 5.79.